The third kappa shape index (κ3) is 6.59. The number of halogens is 2. The van der Waals surface area contributed by atoms with E-state index in [2.05, 4.69) is 0 Å². The minimum absolute atomic E-state index is 0.0147. The summed E-state index contributed by atoms with van der Waals surface area (Å²) in [6.45, 7) is 0.153. The number of ether oxygens (including phenoxy) is 3. The second-order valence-electron chi connectivity index (χ2n) is 5.86. The van der Waals surface area contributed by atoms with Gasteiger partial charge >= 0.3 is 0 Å². The Bertz CT molecular complexity index is 652. The van der Waals surface area contributed by atoms with Crippen LogP contribution in [0.15, 0.2) is 48.5 Å². The SMILES string of the molecule is COC(COc1ccccc1)CC(O)[C@@H](N)COc1cc(F)cc(F)c1. The first-order chi connectivity index (χ1) is 12.5. The van der Waals surface area contributed by atoms with Gasteiger partial charge in [-0.1, -0.05) is 18.2 Å². The molecule has 2 rings (SSSR count). The molecule has 2 unspecified atom stereocenters. The molecule has 0 saturated carbocycles. The van der Waals surface area contributed by atoms with Gasteiger partial charge in [-0.3, -0.25) is 0 Å². The van der Waals surface area contributed by atoms with E-state index in [9.17, 15) is 13.9 Å². The standard InChI is InChI=1S/C19H23F2NO4/c1-24-17(11-25-15-5-3-2-4-6-15)10-19(23)18(22)12-26-16-8-13(20)7-14(21)9-16/h2-9,17-19,23H,10-12,22H2,1H3/t17?,18-,19?/m0/s1. The number of aliphatic hydroxyl groups is 1. The summed E-state index contributed by atoms with van der Waals surface area (Å²) in [6, 6.07) is 11.3. The van der Waals surface area contributed by atoms with Crippen LogP contribution in [-0.2, 0) is 4.74 Å². The largest absolute Gasteiger partial charge is 0.492 e. The zero-order valence-electron chi connectivity index (χ0n) is 14.5. The van der Waals surface area contributed by atoms with Gasteiger partial charge in [-0.05, 0) is 12.1 Å². The molecule has 5 nitrogen and oxygen atoms in total. The number of rotatable bonds is 10. The van der Waals surface area contributed by atoms with Crippen molar-refractivity contribution in [1.29, 1.82) is 0 Å². The van der Waals surface area contributed by atoms with Crippen LogP contribution in [0.3, 0.4) is 0 Å². The molecule has 3 atom stereocenters. The molecule has 142 valence electrons. The third-order valence-corrected chi connectivity index (χ3v) is 3.79. The first-order valence-electron chi connectivity index (χ1n) is 8.21. The van der Waals surface area contributed by atoms with Gasteiger partial charge in [-0.25, -0.2) is 8.78 Å². The van der Waals surface area contributed by atoms with Gasteiger partial charge in [0.1, 0.15) is 36.3 Å². The van der Waals surface area contributed by atoms with Crippen LogP contribution in [0, 0.1) is 11.6 Å². The quantitative estimate of drug-likeness (QED) is 0.675. The number of aliphatic hydroxyl groups excluding tert-OH is 1. The summed E-state index contributed by atoms with van der Waals surface area (Å²) in [7, 11) is 1.52. The summed E-state index contributed by atoms with van der Waals surface area (Å²) < 4.78 is 42.4. The first kappa shape index (κ1) is 20.1. The highest BCUT2D eigenvalue weighted by Crippen LogP contribution is 2.16. The van der Waals surface area contributed by atoms with Crippen molar-refractivity contribution in [2.45, 2.75) is 24.7 Å². The molecule has 0 fully saturated rings. The molecule has 3 N–H and O–H groups in total. The predicted molar refractivity (Wildman–Crippen MR) is 93.2 cm³/mol. The van der Waals surface area contributed by atoms with Crippen LogP contribution >= 0.6 is 0 Å². The lowest BCUT2D eigenvalue weighted by Crippen LogP contribution is -2.42. The van der Waals surface area contributed by atoms with E-state index in [1.54, 1.807) is 0 Å². The summed E-state index contributed by atoms with van der Waals surface area (Å²) >= 11 is 0. The Hall–Kier alpha value is -2.22. The molecule has 26 heavy (non-hydrogen) atoms. The van der Waals surface area contributed by atoms with Crippen molar-refractivity contribution in [2.75, 3.05) is 20.3 Å². The Morgan fingerprint density at radius 2 is 1.58 bits per heavy atom. The molecule has 0 aliphatic carbocycles. The molecule has 7 heteroatoms. The Morgan fingerprint density at radius 3 is 2.19 bits per heavy atom. The predicted octanol–water partition coefficient (Wildman–Crippen LogP) is 2.52. The monoisotopic (exact) mass is 367 g/mol. The molecule has 0 heterocycles. The van der Waals surface area contributed by atoms with E-state index in [0.29, 0.717) is 5.75 Å². The highest BCUT2D eigenvalue weighted by molar-refractivity contribution is 5.24. The van der Waals surface area contributed by atoms with Crippen LogP contribution in [0.1, 0.15) is 6.42 Å². The fraction of sp³-hybridized carbons (Fsp3) is 0.368. The van der Waals surface area contributed by atoms with Crippen molar-refractivity contribution in [3.63, 3.8) is 0 Å². The number of nitrogens with two attached hydrogens (primary N) is 1. The summed E-state index contributed by atoms with van der Waals surface area (Å²) in [6.07, 6.45) is -1.08. The highest BCUT2D eigenvalue weighted by Gasteiger charge is 2.21. The van der Waals surface area contributed by atoms with E-state index >= 15 is 0 Å². The zero-order chi connectivity index (χ0) is 18.9. The molecule has 2 aromatic carbocycles. The van der Waals surface area contributed by atoms with Gasteiger partial charge in [0.15, 0.2) is 0 Å². The van der Waals surface area contributed by atoms with Gasteiger partial charge < -0.3 is 25.1 Å². The molecule has 0 spiro atoms. The second-order valence-corrected chi connectivity index (χ2v) is 5.86. The smallest absolute Gasteiger partial charge is 0.129 e. The summed E-state index contributed by atoms with van der Waals surface area (Å²) in [4.78, 5) is 0. The van der Waals surface area contributed by atoms with Crippen LogP contribution in [0.5, 0.6) is 11.5 Å². The Kier molecular flexibility index (Phi) is 7.77. The summed E-state index contributed by atoms with van der Waals surface area (Å²) in [5.41, 5.74) is 5.89. The van der Waals surface area contributed by atoms with Crippen molar-refractivity contribution in [3.8, 4) is 11.5 Å². The lowest BCUT2D eigenvalue weighted by molar-refractivity contribution is 0.00491. The molecule has 0 aliphatic rings. The Balaban J connectivity index is 1.79. The maximum Gasteiger partial charge on any atom is 0.129 e. The van der Waals surface area contributed by atoms with Crippen LogP contribution < -0.4 is 15.2 Å². The summed E-state index contributed by atoms with van der Waals surface area (Å²) in [5.74, 6) is -0.774. The van der Waals surface area contributed by atoms with E-state index in [0.717, 1.165) is 18.2 Å². The molecule has 0 aliphatic heterocycles. The van der Waals surface area contributed by atoms with Crippen molar-refractivity contribution in [2.24, 2.45) is 5.73 Å². The van der Waals surface area contributed by atoms with E-state index in [1.165, 1.54) is 7.11 Å². The number of hydrogen-bond donors (Lipinski definition) is 2. The average Bonchev–Trinajstić information content (AvgIpc) is 2.63. The fourth-order valence-corrected chi connectivity index (χ4v) is 2.30. The molecular formula is C19H23F2NO4. The van der Waals surface area contributed by atoms with Crippen molar-refractivity contribution in [3.05, 3.63) is 60.2 Å². The molecule has 0 saturated heterocycles. The van der Waals surface area contributed by atoms with Crippen molar-refractivity contribution >= 4 is 0 Å². The molecule has 0 amide bonds. The molecule has 2 aromatic rings. The maximum atomic E-state index is 13.1. The fourth-order valence-electron chi connectivity index (χ4n) is 2.30. The Morgan fingerprint density at radius 1 is 0.962 bits per heavy atom. The second kappa shape index (κ2) is 10.1. The van der Waals surface area contributed by atoms with E-state index in [1.807, 2.05) is 30.3 Å². The Labute approximate surface area is 151 Å². The third-order valence-electron chi connectivity index (χ3n) is 3.79. The topological polar surface area (TPSA) is 73.9 Å². The minimum Gasteiger partial charge on any atom is -0.492 e. The molecule has 0 bridgehead atoms. The lowest BCUT2D eigenvalue weighted by atomic mass is 10.1. The van der Waals surface area contributed by atoms with Crippen molar-refractivity contribution < 1.29 is 28.1 Å². The van der Waals surface area contributed by atoms with Crippen LogP contribution in [-0.4, -0.2) is 43.7 Å². The van der Waals surface area contributed by atoms with E-state index in [-0.39, 0.29) is 31.5 Å². The minimum atomic E-state index is -0.933. The van der Waals surface area contributed by atoms with Gasteiger partial charge in [-0.15, -0.1) is 0 Å². The van der Waals surface area contributed by atoms with Crippen molar-refractivity contribution in [1.82, 2.24) is 0 Å². The highest BCUT2D eigenvalue weighted by atomic mass is 19.1. The number of para-hydroxylation sites is 1. The van der Waals surface area contributed by atoms with E-state index in [4.69, 9.17) is 19.9 Å². The number of methoxy groups -OCH3 is 1. The van der Waals surface area contributed by atoms with Gasteiger partial charge in [0.05, 0.1) is 18.2 Å². The van der Waals surface area contributed by atoms with Gasteiger partial charge in [-0.2, -0.15) is 0 Å². The number of hydrogen-bond acceptors (Lipinski definition) is 5. The average molecular weight is 367 g/mol. The molecule has 0 aromatic heterocycles. The van der Waals surface area contributed by atoms with Crippen LogP contribution in [0.2, 0.25) is 0 Å². The molecule has 0 radical (unpaired) electrons. The summed E-state index contributed by atoms with van der Waals surface area (Å²) in [5, 5.41) is 10.2. The zero-order valence-corrected chi connectivity index (χ0v) is 14.5. The number of benzene rings is 2. The van der Waals surface area contributed by atoms with Gasteiger partial charge in [0, 0.05) is 31.7 Å². The maximum absolute atomic E-state index is 13.1. The van der Waals surface area contributed by atoms with Crippen LogP contribution in [0.25, 0.3) is 0 Å². The van der Waals surface area contributed by atoms with Gasteiger partial charge in [0.2, 0.25) is 0 Å². The van der Waals surface area contributed by atoms with E-state index < -0.39 is 23.8 Å². The lowest BCUT2D eigenvalue weighted by Gasteiger charge is -2.24. The van der Waals surface area contributed by atoms with Gasteiger partial charge in [0.25, 0.3) is 0 Å². The normalized spacial score (nSPS) is 14.5. The van der Waals surface area contributed by atoms with Crippen LogP contribution in [0.4, 0.5) is 8.78 Å². The first-order valence-corrected chi connectivity index (χ1v) is 8.21. The molecular weight excluding hydrogens is 344 g/mol.